The molecule has 3 heteroatoms. The van der Waals surface area contributed by atoms with Crippen LogP contribution in [0.3, 0.4) is 0 Å². The van der Waals surface area contributed by atoms with E-state index >= 15 is 0 Å². The van der Waals surface area contributed by atoms with Gasteiger partial charge in [0.25, 0.3) is 0 Å². The fraction of sp³-hybridized carbons (Fsp3) is 0.333. The summed E-state index contributed by atoms with van der Waals surface area (Å²) in [7, 11) is 0. The molecular formula is C15H21NO2. The van der Waals surface area contributed by atoms with E-state index < -0.39 is 6.10 Å². The highest BCUT2D eigenvalue weighted by atomic mass is 16.3. The van der Waals surface area contributed by atoms with E-state index in [4.69, 9.17) is 0 Å². The van der Waals surface area contributed by atoms with Gasteiger partial charge in [-0.3, -0.25) is 0 Å². The van der Waals surface area contributed by atoms with Crippen molar-refractivity contribution in [2.45, 2.75) is 25.5 Å². The molecule has 0 saturated carbocycles. The van der Waals surface area contributed by atoms with E-state index in [-0.39, 0.29) is 11.8 Å². The average molecular weight is 247 g/mol. The Bertz CT molecular complexity index is 415. The number of aliphatic hydroxyl groups excluding tert-OH is 1. The highest BCUT2D eigenvalue weighted by Crippen LogP contribution is 2.28. The molecule has 98 valence electrons. The molecule has 0 aromatic heterocycles. The number of aromatic hydroxyl groups is 1. The van der Waals surface area contributed by atoms with Crippen molar-refractivity contribution in [2.75, 3.05) is 6.54 Å². The molecule has 0 saturated heterocycles. The molecule has 2 atom stereocenters. The lowest BCUT2D eigenvalue weighted by Crippen LogP contribution is -2.32. The maximum absolute atomic E-state index is 10.3. The first-order valence-electron chi connectivity index (χ1n) is 6.05. The van der Waals surface area contributed by atoms with Crippen molar-refractivity contribution in [1.82, 2.24) is 5.32 Å². The molecular weight excluding hydrogens is 226 g/mol. The Kier molecular flexibility index (Phi) is 5.62. The number of benzene rings is 1. The zero-order valence-electron chi connectivity index (χ0n) is 10.8. The summed E-state index contributed by atoms with van der Waals surface area (Å²) in [5.41, 5.74) is 1.46. The third kappa shape index (κ3) is 3.45. The molecule has 0 bridgehead atoms. The van der Waals surface area contributed by atoms with E-state index in [1.807, 2.05) is 13.0 Å². The number of phenolic OH excluding ortho intramolecular Hbond substituents is 1. The second-order valence-corrected chi connectivity index (χ2v) is 4.27. The van der Waals surface area contributed by atoms with Crippen LogP contribution in [-0.2, 0) is 6.42 Å². The van der Waals surface area contributed by atoms with E-state index in [2.05, 4.69) is 18.5 Å². The van der Waals surface area contributed by atoms with Crippen LogP contribution in [0.1, 0.15) is 24.2 Å². The molecule has 0 heterocycles. The van der Waals surface area contributed by atoms with Gasteiger partial charge in [-0.15, -0.1) is 13.2 Å². The van der Waals surface area contributed by atoms with E-state index in [1.165, 1.54) is 0 Å². The van der Waals surface area contributed by atoms with Gasteiger partial charge in [0.15, 0.2) is 0 Å². The summed E-state index contributed by atoms with van der Waals surface area (Å²) in [4.78, 5) is 0. The normalized spacial score (nSPS) is 13.9. The molecule has 18 heavy (non-hydrogen) atoms. The smallest absolute Gasteiger partial charge is 0.119 e. The molecule has 1 rings (SSSR count). The lowest BCUT2D eigenvalue weighted by atomic mass is 9.95. The predicted octanol–water partition coefficient (Wildman–Crippen LogP) is 2.32. The molecule has 3 N–H and O–H groups in total. The molecule has 2 unspecified atom stereocenters. The molecule has 1 aromatic carbocycles. The first-order valence-corrected chi connectivity index (χ1v) is 6.05. The van der Waals surface area contributed by atoms with E-state index in [0.29, 0.717) is 13.0 Å². The Labute approximate surface area is 108 Å². The van der Waals surface area contributed by atoms with Gasteiger partial charge >= 0.3 is 0 Å². The standard InChI is InChI=1S/C15H21NO2/c1-4-7-12-13(8-6-9-14(12)17)15(18)11(3)16-10-5-2/h4-6,8-9,11,15-18H,1-2,7,10H2,3H3. The van der Waals surface area contributed by atoms with Gasteiger partial charge in [-0.05, 0) is 25.0 Å². The molecule has 0 amide bonds. The maximum Gasteiger partial charge on any atom is 0.119 e. The van der Waals surface area contributed by atoms with Crippen LogP contribution >= 0.6 is 0 Å². The van der Waals surface area contributed by atoms with Crippen LogP contribution in [0.25, 0.3) is 0 Å². The van der Waals surface area contributed by atoms with Crippen LogP contribution in [0, 0.1) is 0 Å². The number of aliphatic hydroxyl groups is 1. The average Bonchev–Trinajstić information content (AvgIpc) is 2.37. The minimum atomic E-state index is -0.674. The topological polar surface area (TPSA) is 52.5 Å². The minimum Gasteiger partial charge on any atom is -0.508 e. The van der Waals surface area contributed by atoms with Crippen LogP contribution < -0.4 is 5.32 Å². The van der Waals surface area contributed by atoms with Crippen molar-refractivity contribution in [3.8, 4) is 5.75 Å². The highest BCUT2D eigenvalue weighted by Gasteiger charge is 2.19. The van der Waals surface area contributed by atoms with Gasteiger partial charge in [0, 0.05) is 18.2 Å². The van der Waals surface area contributed by atoms with Crippen LogP contribution in [0.15, 0.2) is 43.5 Å². The summed E-state index contributed by atoms with van der Waals surface area (Å²) in [6.07, 6.45) is 3.32. The molecule has 0 fully saturated rings. The SMILES string of the molecule is C=CCNC(C)C(O)c1cccc(O)c1CC=C. The molecule has 0 spiro atoms. The molecule has 1 aromatic rings. The zero-order chi connectivity index (χ0) is 13.5. The van der Waals surface area contributed by atoms with E-state index in [1.54, 1.807) is 24.3 Å². The fourth-order valence-corrected chi connectivity index (χ4v) is 1.89. The van der Waals surface area contributed by atoms with Crippen molar-refractivity contribution < 1.29 is 10.2 Å². The highest BCUT2D eigenvalue weighted by molar-refractivity contribution is 5.42. The molecule has 0 radical (unpaired) electrons. The molecule has 0 aliphatic carbocycles. The van der Waals surface area contributed by atoms with Gasteiger partial charge < -0.3 is 15.5 Å². The fourth-order valence-electron chi connectivity index (χ4n) is 1.89. The van der Waals surface area contributed by atoms with Crippen molar-refractivity contribution in [2.24, 2.45) is 0 Å². The number of nitrogens with one attached hydrogen (secondary N) is 1. The van der Waals surface area contributed by atoms with E-state index in [9.17, 15) is 10.2 Å². The van der Waals surface area contributed by atoms with Gasteiger partial charge in [0.05, 0.1) is 6.10 Å². The number of hydrogen-bond donors (Lipinski definition) is 3. The van der Waals surface area contributed by atoms with Crippen LogP contribution in [0.2, 0.25) is 0 Å². The Balaban J connectivity index is 2.96. The van der Waals surface area contributed by atoms with Crippen molar-refractivity contribution in [1.29, 1.82) is 0 Å². The number of phenols is 1. The van der Waals surface area contributed by atoms with Gasteiger partial charge in [-0.25, -0.2) is 0 Å². The third-order valence-corrected chi connectivity index (χ3v) is 2.91. The van der Waals surface area contributed by atoms with Crippen LogP contribution in [-0.4, -0.2) is 22.8 Å². The van der Waals surface area contributed by atoms with Gasteiger partial charge in [0.1, 0.15) is 5.75 Å². The van der Waals surface area contributed by atoms with Crippen molar-refractivity contribution >= 4 is 0 Å². The Morgan fingerprint density at radius 3 is 2.67 bits per heavy atom. The van der Waals surface area contributed by atoms with Crippen molar-refractivity contribution in [3.05, 3.63) is 54.6 Å². The van der Waals surface area contributed by atoms with Crippen LogP contribution in [0.5, 0.6) is 5.75 Å². The molecule has 0 aliphatic rings. The van der Waals surface area contributed by atoms with Gasteiger partial charge in [-0.1, -0.05) is 24.3 Å². The summed E-state index contributed by atoms with van der Waals surface area (Å²) in [5.74, 6) is 0.197. The third-order valence-electron chi connectivity index (χ3n) is 2.91. The molecule has 3 nitrogen and oxygen atoms in total. The number of rotatable bonds is 7. The first kappa shape index (κ1) is 14.5. The maximum atomic E-state index is 10.3. The summed E-state index contributed by atoms with van der Waals surface area (Å²) in [5, 5.41) is 23.3. The van der Waals surface area contributed by atoms with Gasteiger partial charge in [0.2, 0.25) is 0 Å². The Morgan fingerprint density at radius 1 is 1.33 bits per heavy atom. The van der Waals surface area contributed by atoms with Gasteiger partial charge in [-0.2, -0.15) is 0 Å². The Morgan fingerprint density at radius 2 is 2.06 bits per heavy atom. The van der Waals surface area contributed by atoms with Crippen molar-refractivity contribution in [3.63, 3.8) is 0 Å². The largest absolute Gasteiger partial charge is 0.508 e. The predicted molar refractivity (Wildman–Crippen MR) is 74.6 cm³/mol. The van der Waals surface area contributed by atoms with E-state index in [0.717, 1.165) is 11.1 Å². The van der Waals surface area contributed by atoms with Crippen LogP contribution in [0.4, 0.5) is 0 Å². The quantitative estimate of drug-likeness (QED) is 0.648. The lowest BCUT2D eigenvalue weighted by Gasteiger charge is -2.22. The molecule has 0 aliphatic heterocycles. The second-order valence-electron chi connectivity index (χ2n) is 4.27. The monoisotopic (exact) mass is 247 g/mol. The number of allylic oxidation sites excluding steroid dienone is 1. The summed E-state index contributed by atoms with van der Waals surface area (Å²) in [6.45, 7) is 9.83. The number of hydrogen-bond acceptors (Lipinski definition) is 3. The summed E-state index contributed by atoms with van der Waals surface area (Å²) in [6, 6.07) is 5.07. The lowest BCUT2D eigenvalue weighted by molar-refractivity contribution is 0.137. The second kappa shape index (κ2) is 6.99. The minimum absolute atomic E-state index is 0.117. The zero-order valence-corrected chi connectivity index (χ0v) is 10.8. The first-order chi connectivity index (χ1) is 8.61. The Hall–Kier alpha value is -1.58. The summed E-state index contributed by atoms with van der Waals surface area (Å²) >= 11 is 0. The summed E-state index contributed by atoms with van der Waals surface area (Å²) < 4.78 is 0.